The van der Waals surface area contributed by atoms with Crippen LogP contribution in [0.4, 0.5) is 0 Å². The van der Waals surface area contributed by atoms with Crippen molar-refractivity contribution in [1.82, 2.24) is 9.97 Å². The summed E-state index contributed by atoms with van der Waals surface area (Å²) in [6.07, 6.45) is 10.1. The number of methoxy groups -OCH3 is 4. The molecule has 0 aliphatic heterocycles. The smallest absolute Gasteiger partial charge is 0.309 e. The predicted molar refractivity (Wildman–Crippen MR) is 307 cm³/mol. The number of Topliss-reactive ketones (excluding diaryl/α,β-unsaturated/α-hetero) is 1. The number of alkyl halides is 1. The number of fused-ring (bicyclic) bond motifs is 2. The van der Waals surface area contributed by atoms with Gasteiger partial charge in [0.1, 0.15) is 30.5 Å². The number of carbonyl (C=O) groups is 10. The quantitative estimate of drug-likeness (QED) is 0.0588. The molecule has 4 aromatic rings. The van der Waals surface area contributed by atoms with Gasteiger partial charge in [-0.05, 0) is 101 Å². The molecule has 4 unspecified atom stereocenters. The summed E-state index contributed by atoms with van der Waals surface area (Å²) in [7, 11) is 5.47. The number of hydrogen-bond acceptors (Lipinski definition) is 20. The van der Waals surface area contributed by atoms with Crippen molar-refractivity contribution in [3.05, 3.63) is 106 Å². The molecule has 4 atom stereocenters. The maximum absolute atomic E-state index is 12.4. The molecule has 24 heteroatoms. The Morgan fingerprint density at radius 3 is 1.24 bits per heavy atom. The molecule has 5 saturated carbocycles. The molecule has 2 heterocycles. The molecule has 0 bridgehead atoms. The molecule has 4 N–H and O–H groups in total. The van der Waals surface area contributed by atoms with E-state index in [-0.39, 0.29) is 117 Å². The lowest BCUT2D eigenvalue weighted by Gasteiger charge is -2.30. The lowest BCUT2D eigenvalue weighted by molar-refractivity contribution is -0.157. The number of hydrogen-bond donors (Lipinski definition) is 3. The molecule has 7 aliphatic carbocycles. The molecule has 470 valence electrons. The minimum atomic E-state index is -0.815. The molecule has 0 radical (unpaired) electrons. The Bertz CT molecular complexity index is 3010. The van der Waals surface area contributed by atoms with Gasteiger partial charge in [0.05, 0.1) is 92.0 Å². The lowest BCUT2D eigenvalue weighted by Crippen LogP contribution is -2.39. The van der Waals surface area contributed by atoms with Crippen LogP contribution < -0.4 is 5.73 Å². The summed E-state index contributed by atoms with van der Waals surface area (Å²) in [6, 6.07) is 19.3. The summed E-state index contributed by atoms with van der Waals surface area (Å²) in [5.41, 5.74) is 8.80. The van der Waals surface area contributed by atoms with Crippen LogP contribution in [-0.2, 0) is 115 Å². The fraction of sp³-hybridized carbons (Fsp3) is 0.556. The second-order valence-corrected chi connectivity index (χ2v) is 24.1. The van der Waals surface area contributed by atoms with Gasteiger partial charge in [0.15, 0.2) is 11.8 Å². The first kappa shape index (κ1) is 66.8. The summed E-state index contributed by atoms with van der Waals surface area (Å²) in [4.78, 5) is 121. The van der Waals surface area contributed by atoms with Crippen LogP contribution in [0.15, 0.2) is 69.5 Å². The fourth-order valence-corrected chi connectivity index (χ4v) is 11.9. The number of ketones is 1. The molecule has 0 spiro atoms. The van der Waals surface area contributed by atoms with Crippen molar-refractivity contribution in [3.8, 4) is 0 Å². The van der Waals surface area contributed by atoms with Gasteiger partial charge in [0.2, 0.25) is 5.91 Å². The van der Waals surface area contributed by atoms with Crippen molar-refractivity contribution in [3.63, 3.8) is 0 Å². The van der Waals surface area contributed by atoms with Crippen LogP contribution in [0, 0.1) is 53.3 Å². The van der Waals surface area contributed by atoms with Crippen LogP contribution in [0.2, 0.25) is 0 Å². The summed E-state index contributed by atoms with van der Waals surface area (Å²) >= 11 is 3.30. The number of carbonyl (C=O) groups excluding carboxylic acids is 8. The zero-order chi connectivity index (χ0) is 62.9. The normalized spacial score (nSPS) is 26.1. The predicted octanol–water partition coefficient (Wildman–Crippen LogP) is 7.52. The van der Waals surface area contributed by atoms with E-state index in [1.165, 1.54) is 28.4 Å². The van der Waals surface area contributed by atoms with E-state index in [9.17, 15) is 47.9 Å². The maximum atomic E-state index is 12.4. The molecule has 11 rings (SSSR count). The van der Waals surface area contributed by atoms with Crippen molar-refractivity contribution < 1.29 is 95.4 Å². The van der Waals surface area contributed by atoms with E-state index in [1.807, 2.05) is 60.7 Å². The number of aliphatic carboxylic acids is 2. The van der Waals surface area contributed by atoms with E-state index in [0.717, 1.165) is 41.1 Å². The van der Waals surface area contributed by atoms with Crippen LogP contribution in [0.25, 0.3) is 0 Å². The summed E-state index contributed by atoms with van der Waals surface area (Å²) in [5.74, 6) is -1.34. The van der Waals surface area contributed by atoms with Crippen molar-refractivity contribution in [2.45, 2.75) is 139 Å². The van der Waals surface area contributed by atoms with E-state index >= 15 is 0 Å². The third-order valence-corrected chi connectivity index (χ3v) is 18.0. The first-order chi connectivity index (χ1) is 41.7. The summed E-state index contributed by atoms with van der Waals surface area (Å²) < 4.78 is 40.8. The topological polar surface area (TPSA) is 345 Å². The number of benzene rings is 2. The van der Waals surface area contributed by atoms with E-state index in [1.54, 1.807) is 0 Å². The van der Waals surface area contributed by atoms with Gasteiger partial charge in [-0.1, -0.05) is 76.6 Å². The Labute approximate surface area is 511 Å². The van der Waals surface area contributed by atoms with Crippen LogP contribution >= 0.6 is 15.9 Å². The van der Waals surface area contributed by atoms with Gasteiger partial charge in [-0.2, -0.15) is 0 Å². The number of amides is 1. The Morgan fingerprint density at radius 1 is 0.483 bits per heavy atom. The number of oxazole rings is 2. The highest BCUT2D eigenvalue weighted by molar-refractivity contribution is 9.10. The highest BCUT2D eigenvalue weighted by Gasteiger charge is 2.43. The standard InChI is InChI=1S/C21H23NO5.C14H15BrO3.C14H17NO5.C7H11NO3.C7H10O4/c1-25-20(23)16-9-15(10-16)19-22-17-8-7-14(11-18(17)27-19)21(24)26-12-13-5-3-2-4-6-13;15-12-8-11(6-7-13(12)16)14(17)18-9-10-4-2-1-3-5-10;1-19-14(18)9-4-8(5-9)12-15-10-3-2-7(13(16)17)6-11(10)20-12;2*1-11-7(10)5-2-4(3-5)6(8)9/h2-6,14-16H,7-12H2,1H3;1-5,11-12H,6-9H2;7-9H,2-6H2,1H3,(H,16,17);4-5H,2-3H2,1H3,(H2,8,9);4-5H,2-3H2,1H3,(H,8,9). The SMILES string of the molecule is COC(=O)C1CC(C(=O)O)C1.COC(=O)C1CC(C(N)=O)C1.COC(=O)C1CC(c2nc3c(o2)CC(C(=O)O)CC3)C1.COC(=O)C1CC(c2nc3c(o2)CC(C(=O)OCc2ccccc2)CC3)C1.O=C1CCC(C(=O)OCc2ccccc2)CC1Br. The van der Waals surface area contributed by atoms with E-state index in [4.69, 9.17) is 43.7 Å². The number of carboxylic acid groups (broad SMARTS) is 2. The van der Waals surface area contributed by atoms with Gasteiger partial charge in [-0.3, -0.25) is 47.9 Å². The van der Waals surface area contributed by atoms with Gasteiger partial charge < -0.3 is 53.2 Å². The van der Waals surface area contributed by atoms with Crippen molar-refractivity contribution in [2.75, 3.05) is 28.4 Å². The molecule has 0 saturated heterocycles. The van der Waals surface area contributed by atoms with Gasteiger partial charge in [0, 0.05) is 37.0 Å². The van der Waals surface area contributed by atoms with Gasteiger partial charge in [0.25, 0.3) is 0 Å². The summed E-state index contributed by atoms with van der Waals surface area (Å²) in [6.45, 7) is 0.596. The van der Waals surface area contributed by atoms with Crippen LogP contribution in [0.1, 0.15) is 141 Å². The van der Waals surface area contributed by atoms with Crippen molar-refractivity contribution in [1.29, 1.82) is 0 Å². The molecule has 7 aliphatic rings. The maximum Gasteiger partial charge on any atom is 0.309 e. The van der Waals surface area contributed by atoms with E-state index in [0.29, 0.717) is 127 Å². The zero-order valence-corrected chi connectivity index (χ0v) is 50.8. The number of aromatic nitrogens is 2. The molecule has 2 aromatic carbocycles. The molecule has 2 aromatic heterocycles. The number of primary amides is 1. The molecule has 5 fully saturated rings. The Balaban J connectivity index is 0.000000162. The number of nitrogens with zero attached hydrogens (tertiary/aromatic N) is 2. The summed E-state index contributed by atoms with van der Waals surface area (Å²) in [5, 5.41) is 17.5. The Kier molecular flexibility index (Phi) is 24.4. The van der Waals surface area contributed by atoms with Crippen LogP contribution in [-0.4, -0.2) is 113 Å². The van der Waals surface area contributed by atoms with E-state index in [2.05, 4.69) is 35.4 Å². The molecule has 23 nitrogen and oxygen atoms in total. The second-order valence-electron chi connectivity index (χ2n) is 22.9. The largest absolute Gasteiger partial charge is 0.481 e. The number of ether oxygens (including phenoxy) is 6. The minimum Gasteiger partial charge on any atom is -0.481 e. The van der Waals surface area contributed by atoms with Gasteiger partial charge in [-0.25, -0.2) is 9.97 Å². The molecule has 1 amide bonds. The number of esters is 6. The highest BCUT2D eigenvalue weighted by Crippen LogP contribution is 2.45. The van der Waals surface area contributed by atoms with E-state index < -0.39 is 11.9 Å². The van der Waals surface area contributed by atoms with Crippen molar-refractivity contribution >= 4 is 75.4 Å². The van der Waals surface area contributed by atoms with Crippen molar-refractivity contribution in [2.24, 2.45) is 59.0 Å². The molecular weight excluding hydrogens is 1200 g/mol. The number of carboxylic acids is 2. The first-order valence-corrected chi connectivity index (χ1v) is 30.2. The van der Waals surface area contributed by atoms with Gasteiger partial charge in [-0.15, -0.1) is 0 Å². The number of halogens is 1. The number of nitrogens with two attached hydrogens (primary N) is 1. The number of rotatable bonds is 15. The minimum absolute atomic E-state index is 0.0513. The third kappa shape index (κ3) is 18.4. The monoisotopic (exact) mass is 1270 g/mol. The fourth-order valence-electron chi connectivity index (χ4n) is 11.2. The average molecular weight is 1280 g/mol. The van der Waals surface area contributed by atoms with Gasteiger partial charge >= 0.3 is 47.8 Å². The average Bonchev–Trinajstić information content (AvgIpc) is 2.84. The number of aryl methyl sites for hydroxylation is 2. The third-order valence-electron chi connectivity index (χ3n) is 17.1. The van der Waals surface area contributed by atoms with Crippen LogP contribution in [0.3, 0.4) is 0 Å². The molecule has 87 heavy (non-hydrogen) atoms. The highest BCUT2D eigenvalue weighted by atomic mass is 79.9. The first-order valence-electron chi connectivity index (χ1n) is 29.3. The van der Waals surface area contributed by atoms with Crippen LogP contribution in [0.5, 0.6) is 0 Å². The molecular formula is C63H76BrN3O20. The second kappa shape index (κ2) is 31.8. The lowest BCUT2D eigenvalue weighted by atomic mass is 9.74. The Morgan fingerprint density at radius 2 is 0.851 bits per heavy atom. The zero-order valence-electron chi connectivity index (χ0n) is 49.2. The Hall–Kier alpha value is -7.76.